The molecule has 0 aromatic carbocycles. The lowest BCUT2D eigenvalue weighted by molar-refractivity contribution is 1.15. The Morgan fingerprint density at radius 2 is 2.50 bits per heavy atom. The van der Waals surface area contributed by atoms with E-state index in [4.69, 9.17) is 0 Å². The summed E-state index contributed by atoms with van der Waals surface area (Å²) in [6.07, 6.45) is 1.17. The van der Waals surface area contributed by atoms with E-state index in [0.717, 1.165) is 0 Å². The molecule has 1 rings (SSSR count). The summed E-state index contributed by atoms with van der Waals surface area (Å²) < 4.78 is 1.39. The van der Waals surface area contributed by atoms with Crippen LogP contribution in [0.2, 0.25) is 0 Å². The van der Waals surface area contributed by atoms with E-state index in [1.807, 2.05) is 11.3 Å². The Kier molecular flexibility index (Phi) is 2.31. The first-order chi connectivity index (χ1) is 3.83. The van der Waals surface area contributed by atoms with Gasteiger partial charge in [-0.15, -0.1) is 11.3 Å². The topological polar surface area (TPSA) is 0 Å². The maximum absolute atomic E-state index is 2.34. The van der Waals surface area contributed by atoms with Crippen LogP contribution in [-0.4, -0.2) is 0 Å². The molecule has 0 atom stereocenters. The monoisotopic (exact) mass is 238 g/mol. The summed E-state index contributed by atoms with van der Waals surface area (Å²) in [4.78, 5) is 0. The van der Waals surface area contributed by atoms with Crippen LogP contribution in [0.4, 0.5) is 0 Å². The molecule has 2 heteroatoms. The van der Waals surface area contributed by atoms with Gasteiger partial charge in [0.2, 0.25) is 0 Å². The molecule has 0 saturated heterocycles. The van der Waals surface area contributed by atoms with E-state index in [0.29, 0.717) is 0 Å². The first-order valence-corrected chi connectivity index (χ1v) is 4.51. The summed E-state index contributed by atoms with van der Waals surface area (Å²) in [5, 5.41) is 2.21. The second-order valence-electron chi connectivity index (χ2n) is 1.61. The van der Waals surface area contributed by atoms with Gasteiger partial charge in [-0.05, 0) is 46.0 Å². The predicted octanol–water partition coefficient (Wildman–Crippen LogP) is 2.92. The van der Waals surface area contributed by atoms with Crippen LogP contribution in [0, 0.1) is 2.88 Å². The molecule has 0 aliphatic carbocycles. The SMILES string of the molecule is CCc1csc(I)c1. The highest BCUT2D eigenvalue weighted by Crippen LogP contribution is 2.16. The van der Waals surface area contributed by atoms with Crippen LogP contribution in [0.3, 0.4) is 0 Å². The third-order valence-electron chi connectivity index (χ3n) is 1.03. The molecule has 0 nitrogen and oxygen atoms in total. The van der Waals surface area contributed by atoms with Crippen LogP contribution in [0.1, 0.15) is 12.5 Å². The van der Waals surface area contributed by atoms with E-state index in [1.54, 1.807) is 0 Å². The van der Waals surface area contributed by atoms with Gasteiger partial charge in [0.25, 0.3) is 0 Å². The third-order valence-corrected chi connectivity index (χ3v) is 2.87. The van der Waals surface area contributed by atoms with Crippen LogP contribution >= 0.6 is 33.9 Å². The van der Waals surface area contributed by atoms with Crippen molar-refractivity contribution in [2.75, 3.05) is 0 Å². The number of rotatable bonds is 1. The standard InChI is InChI=1S/C6H7IS/c1-2-5-3-6(7)8-4-5/h3-4H,2H2,1H3. The summed E-state index contributed by atoms with van der Waals surface area (Å²) in [6, 6.07) is 2.23. The molecule has 0 unspecified atom stereocenters. The fourth-order valence-electron chi connectivity index (χ4n) is 0.531. The Morgan fingerprint density at radius 3 is 2.75 bits per heavy atom. The van der Waals surface area contributed by atoms with Crippen molar-refractivity contribution in [3.63, 3.8) is 0 Å². The summed E-state index contributed by atoms with van der Waals surface area (Å²) in [7, 11) is 0. The molecule has 1 aromatic heterocycles. The summed E-state index contributed by atoms with van der Waals surface area (Å²) >= 11 is 4.16. The van der Waals surface area contributed by atoms with Gasteiger partial charge in [-0.2, -0.15) is 0 Å². The van der Waals surface area contributed by atoms with E-state index in [2.05, 4.69) is 41.0 Å². The van der Waals surface area contributed by atoms with E-state index < -0.39 is 0 Å². The maximum atomic E-state index is 2.34. The van der Waals surface area contributed by atoms with Gasteiger partial charge < -0.3 is 0 Å². The molecule has 0 fully saturated rings. The van der Waals surface area contributed by atoms with Crippen LogP contribution in [0.15, 0.2) is 11.4 Å². The molecule has 0 saturated carbocycles. The van der Waals surface area contributed by atoms with E-state index in [9.17, 15) is 0 Å². The van der Waals surface area contributed by atoms with E-state index >= 15 is 0 Å². The van der Waals surface area contributed by atoms with Crippen molar-refractivity contribution in [3.05, 3.63) is 19.9 Å². The number of hydrogen-bond acceptors (Lipinski definition) is 1. The van der Waals surface area contributed by atoms with Crippen molar-refractivity contribution < 1.29 is 0 Å². The van der Waals surface area contributed by atoms with Gasteiger partial charge >= 0.3 is 0 Å². The zero-order valence-electron chi connectivity index (χ0n) is 4.65. The van der Waals surface area contributed by atoms with Crippen LogP contribution in [-0.2, 0) is 6.42 Å². The predicted molar refractivity (Wildman–Crippen MR) is 46.4 cm³/mol. The number of hydrogen-bond donors (Lipinski definition) is 0. The van der Waals surface area contributed by atoms with Crippen molar-refractivity contribution in [1.29, 1.82) is 0 Å². The van der Waals surface area contributed by atoms with Crippen molar-refractivity contribution in [3.8, 4) is 0 Å². The van der Waals surface area contributed by atoms with Crippen LogP contribution in [0.25, 0.3) is 0 Å². The zero-order chi connectivity index (χ0) is 5.98. The van der Waals surface area contributed by atoms with Crippen LogP contribution < -0.4 is 0 Å². The van der Waals surface area contributed by atoms with Crippen molar-refractivity contribution in [1.82, 2.24) is 0 Å². The molecule has 0 N–H and O–H groups in total. The first-order valence-electron chi connectivity index (χ1n) is 2.56. The summed E-state index contributed by atoms with van der Waals surface area (Å²) in [6.45, 7) is 2.18. The minimum absolute atomic E-state index is 1.17. The average Bonchev–Trinajstić information content (AvgIpc) is 2.14. The Bertz CT molecular complexity index is 169. The average molecular weight is 238 g/mol. The summed E-state index contributed by atoms with van der Waals surface area (Å²) in [5.74, 6) is 0. The Labute approximate surface area is 67.1 Å². The zero-order valence-corrected chi connectivity index (χ0v) is 7.62. The Morgan fingerprint density at radius 1 is 1.75 bits per heavy atom. The lowest BCUT2D eigenvalue weighted by atomic mass is 10.3. The molecule has 0 bridgehead atoms. The molecule has 0 spiro atoms. The van der Waals surface area contributed by atoms with Crippen molar-refractivity contribution >= 4 is 33.9 Å². The fraction of sp³-hybridized carbons (Fsp3) is 0.333. The third kappa shape index (κ3) is 1.45. The van der Waals surface area contributed by atoms with Gasteiger partial charge in [-0.1, -0.05) is 6.92 Å². The van der Waals surface area contributed by atoms with Crippen molar-refractivity contribution in [2.24, 2.45) is 0 Å². The lowest BCUT2D eigenvalue weighted by Crippen LogP contribution is -1.67. The maximum Gasteiger partial charge on any atom is 0.0656 e. The number of halogens is 1. The first kappa shape index (κ1) is 6.55. The highest BCUT2D eigenvalue weighted by Gasteiger charge is 1.90. The van der Waals surface area contributed by atoms with E-state index in [1.165, 1.54) is 14.9 Å². The summed E-state index contributed by atoms with van der Waals surface area (Å²) in [5.41, 5.74) is 1.46. The van der Waals surface area contributed by atoms with Gasteiger partial charge in [0, 0.05) is 0 Å². The number of aryl methyl sites for hydroxylation is 1. The van der Waals surface area contributed by atoms with Gasteiger partial charge in [0.1, 0.15) is 0 Å². The molecular weight excluding hydrogens is 231 g/mol. The molecule has 0 aliphatic rings. The van der Waals surface area contributed by atoms with E-state index in [-0.39, 0.29) is 0 Å². The normalized spacial score (nSPS) is 9.75. The highest BCUT2D eigenvalue weighted by atomic mass is 127. The molecule has 1 aromatic rings. The molecule has 0 amide bonds. The second kappa shape index (κ2) is 2.82. The number of thiophene rings is 1. The quantitative estimate of drug-likeness (QED) is 0.660. The van der Waals surface area contributed by atoms with Crippen molar-refractivity contribution in [2.45, 2.75) is 13.3 Å². The fourth-order valence-corrected chi connectivity index (χ4v) is 2.03. The van der Waals surface area contributed by atoms with Gasteiger partial charge in [-0.25, -0.2) is 0 Å². The van der Waals surface area contributed by atoms with Crippen LogP contribution in [0.5, 0.6) is 0 Å². The Hall–Kier alpha value is 0.430. The molecular formula is C6H7IS. The molecule has 8 heavy (non-hydrogen) atoms. The highest BCUT2D eigenvalue weighted by molar-refractivity contribution is 14.1. The molecule has 0 radical (unpaired) electrons. The van der Waals surface area contributed by atoms with Gasteiger partial charge in [0.15, 0.2) is 0 Å². The Balaban J connectivity index is 2.84. The smallest absolute Gasteiger partial charge is 0.0656 e. The lowest BCUT2D eigenvalue weighted by Gasteiger charge is -1.79. The minimum atomic E-state index is 1.17. The largest absolute Gasteiger partial charge is 0.137 e. The molecule has 0 aliphatic heterocycles. The molecule has 1 heterocycles. The second-order valence-corrected chi connectivity index (χ2v) is 4.42. The van der Waals surface area contributed by atoms with Gasteiger partial charge in [0.05, 0.1) is 2.88 Å². The molecule has 44 valence electrons. The minimum Gasteiger partial charge on any atom is -0.137 e. The van der Waals surface area contributed by atoms with Gasteiger partial charge in [-0.3, -0.25) is 0 Å².